The molecule has 1 unspecified atom stereocenters. The fraction of sp³-hybridized carbons (Fsp3) is 0.158. The number of amides is 1. The summed E-state index contributed by atoms with van der Waals surface area (Å²) in [6, 6.07) is 12.8. The molecular formula is C19H16N2O5. The first kappa shape index (κ1) is 16.0. The first-order valence-electron chi connectivity index (χ1n) is 8.07. The monoisotopic (exact) mass is 352 g/mol. The number of hydrogen-bond donors (Lipinski definition) is 1. The Morgan fingerprint density at radius 1 is 1.04 bits per heavy atom. The fourth-order valence-corrected chi connectivity index (χ4v) is 2.54. The first-order chi connectivity index (χ1) is 12.8. The van der Waals surface area contributed by atoms with Gasteiger partial charge in [0.15, 0.2) is 23.0 Å². The SMILES string of the molecule is O=C(N/N=C\C=C\c1ccc2c(c1)OCO2)C1COc2ccccc2O1. The summed E-state index contributed by atoms with van der Waals surface area (Å²) in [5.74, 6) is 2.26. The van der Waals surface area contributed by atoms with Gasteiger partial charge in [0.1, 0.15) is 6.61 Å². The van der Waals surface area contributed by atoms with E-state index in [9.17, 15) is 4.79 Å². The number of rotatable bonds is 4. The van der Waals surface area contributed by atoms with Crippen molar-refractivity contribution in [2.24, 2.45) is 5.10 Å². The number of hydrogen-bond acceptors (Lipinski definition) is 6. The van der Waals surface area contributed by atoms with Crippen LogP contribution in [0.3, 0.4) is 0 Å². The second-order valence-corrected chi connectivity index (χ2v) is 5.59. The van der Waals surface area contributed by atoms with Gasteiger partial charge in [-0.3, -0.25) is 4.79 Å². The standard InChI is InChI=1S/C19H16N2O5/c22-19(18-11-23-14-5-1-2-6-16(14)26-18)21-20-9-3-4-13-7-8-15-17(10-13)25-12-24-15/h1-10,18H,11-12H2,(H,21,22)/b4-3+,20-9-. The molecule has 26 heavy (non-hydrogen) atoms. The number of nitrogens with zero attached hydrogens (tertiary/aromatic N) is 1. The third-order valence-electron chi connectivity index (χ3n) is 3.82. The van der Waals surface area contributed by atoms with Crippen molar-refractivity contribution >= 4 is 18.2 Å². The zero-order valence-electron chi connectivity index (χ0n) is 13.8. The maximum atomic E-state index is 12.1. The van der Waals surface area contributed by atoms with E-state index in [4.69, 9.17) is 18.9 Å². The predicted molar refractivity (Wildman–Crippen MR) is 94.6 cm³/mol. The largest absolute Gasteiger partial charge is 0.485 e. The van der Waals surface area contributed by atoms with Crippen molar-refractivity contribution in [2.75, 3.05) is 13.4 Å². The molecule has 7 nitrogen and oxygen atoms in total. The molecule has 4 rings (SSSR count). The Bertz CT molecular complexity index is 878. The van der Waals surface area contributed by atoms with E-state index < -0.39 is 6.10 Å². The maximum Gasteiger partial charge on any atom is 0.284 e. The minimum absolute atomic E-state index is 0.144. The zero-order valence-corrected chi connectivity index (χ0v) is 13.8. The smallest absolute Gasteiger partial charge is 0.284 e. The van der Waals surface area contributed by atoms with E-state index >= 15 is 0 Å². The summed E-state index contributed by atoms with van der Waals surface area (Å²) in [6.45, 7) is 0.388. The maximum absolute atomic E-state index is 12.1. The van der Waals surface area contributed by atoms with Crippen molar-refractivity contribution < 1.29 is 23.7 Å². The lowest BCUT2D eigenvalue weighted by molar-refractivity contribution is -0.130. The first-order valence-corrected chi connectivity index (χ1v) is 8.07. The van der Waals surface area contributed by atoms with Crippen LogP contribution in [0.15, 0.2) is 53.6 Å². The van der Waals surface area contributed by atoms with Crippen LogP contribution in [0.2, 0.25) is 0 Å². The van der Waals surface area contributed by atoms with Crippen molar-refractivity contribution in [1.29, 1.82) is 0 Å². The van der Waals surface area contributed by atoms with Crippen molar-refractivity contribution in [3.63, 3.8) is 0 Å². The molecule has 0 aromatic heterocycles. The Hall–Kier alpha value is -3.48. The Balaban J connectivity index is 1.29. The van der Waals surface area contributed by atoms with Gasteiger partial charge in [0.2, 0.25) is 12.9 Å². The van der Waals surface area contributed by atoms with E-state index in [1.165, 1.54) is 6.21 Å². The molecule has 2 aliphatic heterocycles. The van der Waals surface area contributed by atoms with Gasteiger partial charge in [-0.25, -0.2) is 5.43 Å². The van der Waals surface area contributed by atoms with E-state index in [0.717, 1.165) is 11.3 Å². The molecule has 132 valence electrons. The molecule has 0 saturated carbocycles. The summed E-state index contributed by atoms with van der Waals surface area (Å²) in [7, 11) is 0. The third-order valence-corrected chi connectivity index (χ3v) is 3.82. The Kier molecular flexibility index (Phi) is 4.42. The Labute approximate surface area is 149 Å². The van der Waals surface area contributed by atoms with Crippen LogP contribution >= 0.6 is 0 Å². The topological polar surface area (TPSA) is 78.4 Å². The van der Waals surface area contributed by atoms with Crippen molar-refractivity contribution in [1.82, 2.24) is 5.43 Å². The number of carbonyl (C=O) groups excluding carboxylic acids is 1. The average Bonchev–Trinajstić information content (AvgIpc) is 3.15. The lowest BCUT2D eigenvalue weighted by Crippen LogP contribution is -2.42. The van der Waals surface area contributed by atoms with Crippen LogP contribution in [-0.2, 0) is 4.79 Å². The van der Waals surface area contributed by atoms with E-state index in [1.54, 1.807) is 18.2 Å². The van der Waals surface area contributed by atoms with E-state index in [0.29, 0.717) is 17.2 Å². The number of carbonyl (C=O) groups is 1. The highest BCUT2D eigenvalue weighted by Crippen LogP contribution is 2.33. The number of ether oxygens (including phenoxy) is 4. The van der Waals surface area contributed by atoms with Gasteiger partial charge in [-0.05, 0) is 35.9 Å². The molecule has 2 aromatic rings. The van der Waals surface area contributed by atoms with Gasteiger partial charge in [0.25, 0.3) is 5.91 Å². The molecule has 7 heteroatoms. The molecule has 0 radical (unpaired) electrons. The molecular weight excluding hydrogens is 336 g/mol. The summed E-state index contributed by atoms with van der Waals surface area (Å²) >= 11 is 0. The number of allylic oxidation sites excluding steroid dienone is 1. The van der Waals surface area contributed by atoms with Crippen molar-refractivity contribution in [3.8, 4) is 23.0 Å². The Morgan fingerprint density at radius 3 is 2.77 bits per heavy atom. The summed E-state index contributed by atoms with van der Waals surface area (Å²) in [4.78, 5) is 12.1. The number of para-hydroxylation sites is 2. The molecule has 2 aliphatic rings. The van der Waals surface area contributed by atoms with Gasteiger partial charge in [-0.1, -0.05) is 24.3 Å². The molecule has 2 aromatic carbocycles. The van der Waals surface area contributed by atoms with E-state index in [-0.39, 0.29) is 19.3 Å². The van der Waals surface area contributed by atoms with Crippen LogP contribution in [0, 0.1) is 0 Å². The quantitative estimate of drug-likeness (QED) is 0.675. The molecule has 1 N–H and O–H groups in total. The molecule has 0 saturated heterocycles. The lowest BCUT2D eigenvalue weighted by atomic mass is 10.2. The summed E-state index contributed by atoms with van der Waals surface area (Å²) < 4.78 is 21.7. The van der Waals surface area contributed by atoms with Crippen LogP contribution in [0.1, 0.15) is 5.56 Å². The summed E-state index contributed by atoms with van der Waals surface area (Å²) in [5.41, 5.74) is 3.38. The average molecular weight is 352 g/mol. The lowest BCUT2D eigenvalue weighted by Gasteiger charge is -2.24. The molecule has 2 heterocycles. The minimum Gasteiger partial charge on any atom is -0.485 e. The number of nitrogens with one attached hydrogen (secondary N) is 1. The second kappa shape index (κ2) is 7.18. The highest BCUT2D eigenvalue weighted by Gasteiger charge is 2.26. The van der Waals surface area contributed by atoms with Crippen LogP contribution in [0.5, 0.6) is 23.0 Å². The van der Waals surface area contributed by atoms with Crippen LogP contribution in [0.4, 0.5) is 0 Å². The molecule has 0 fully saturated rings. The van der Waals surface area contributed by atoms with Gasteiger partial charge in [-0.2, -0.15) is 5.10 Å². The summed E-state index contributed by atoms with van der Waals surface area (Å²) in [5, 5.41) is 3.89. The van der Waals surface area contributed by atoms with E-state index in [1.807, 2.05) is 36.4 Å². The van der Waals surface area contributed by atoms with Gasteiger partial charge in [0.05, 0.1) is 0 Å². The third kappa shape index (κ3) is 3.46. The Morgan fingerprint density at radius 2 is 1.85 bits per heavy atom. The highest BCUT2D eigenvalue weighted by molar-refractivity contribution is 5.84. The molecule has 0 spiro atoms. The fourth-order valence-electron chi connectivity index (χ4n) is 2.54. The van der Waals surface area contributed by atoms with Crippen molar-refractivity contribution in [2.45, 2.75) is 6.10 Å². The van der Waals surface area contributed by atoms with Crippen LogP contribution in [0.25, 0.3) is 6.08 Å². The minimum atomic E-state index is -0.736. The summed E-state index contributed by atoms with van der Waals surface area (Å²) in [6.07, 6.45) is 4.30. The number of benzene rings is 2. The van der Waals surface area contributed by atoms with Gasteiger partial charge in [-0.15, -0.1) is 0 Å². The molecule has 1 atom stereocenters. The molecule has 0 bridgehead atoms. The second-order valence-electron chi connectivity index (χ2n) is 5.59. The number of hydrazone groups is 1. The van der Waals surface area contributed by atoms with Crippen LogP contribution in [-0.4, -0.2) is 31.6 Å². The molecule has 0 aliphatic carbocycles. The molecule has 1 amide bonds. The van der Waals surface area contributed by atoms with Crippen LogP contribution < -0.4 is 24.4 Å². The normalized spacial score (nSPS) is 17.6. The number of fused-ring (bicyclic) bond motifs is 2. The van der Waals surface area contributed by atoms with Gasteiger partial charge in [0, 0.05) is 6.21 Å². The zero-order chi connectivity index (χ0) is 17.8. The van der Waals surface area contributed by atoms with Gasteiger partial charge >= 0.3 is 0 Å². The van der Waals surface area contributed by atoms with Gasteiger partial charge < -0.3 is 18.9 Å². The highest BCUT2D eigenvalue weighted by atomic mass is 16.7. The predicted octanol–water partition coefficient (Wildman–Crippen LogP) is 2.37. The van der Waals surface area contributed by atoms with E-state index in [2.05, 4.69) is 10.5 Å². The van der Waals surface area contributed by atoms with Crippen molar-refractivity contribution in [3.05, 3.63) is 54.1 Å².